The SMILES string of the molecule is N#C[C@H]1N(C(=O)[C@@H]2C[C@H]2c2ccc(F)cc2)CCC[C@@]12CCCCO2. The predicted molar refractivity (Wildman–Crippen MR) is 90.1 cm³/mol. The van der Waals surface area contributed by atoms with Crippen LogP contribution in [0.25, 0.3) is 0 Å². The van der Waals surface area contributed by atoms with E-state index in [4.69, 9.17) is 4.74 Å². The van der Waals surface area contributed by atoms with E-state index in [9.17, 15) is 14.4 Å². The molecule has 0 aromatic heterocycles. The minimum Gasteiger partial charge on any atom is -0.372 e. The van der Waals surface area contributed by atoms with E-state index < -0.39 is 11.6 Å². The minimum atomic E-state index is -0.483. The quantitative estimate of drug-likeness (QED) is 0.828. The summed E-state index contributed by atoms with van der Waals surface area (Å²) in [5.74, 6) is -0.129. The summed E-state index contributed by atoms with van der Waals surface area (Å²) in [5.41, 5.74) is 0.537. The average Bonchev–Trinajstić information content (AvgIpc) is 3.43. The number of ether oxygens (including phenoxy) is 1. The summed E-state index contributed by atoms with van der Waals surface area (Å²) in [4.78, 5) is 14.8. The van der Waals surface area contributed by atoms with Gasteiger partial charge in [0.1, 0.15) is 17.5 Å². The largest absolute Gasteiger partial charge is 0.372 e. The van der Waals surface area contributed by atoms with Crippen molar-refractivity contribution in [3.8, 4) is 6.07 Å². The Bertz CT molecular complexity index is 685. The summed E-state index contributed by atoms with van der Waals surface area (Å²) < 4.78 is 19.1. The van der Waals surface area contributed by atoms with Gasteiger partial charge < -0.3 is 9.64 Å². The van der Waals surface area contributed by atoms with Crippen molar-refractivity contribution in [3.63, 3.8) is 0 Å². The second-order valence-corrected chi connectivity index (χ2v) is 7.54. The molecule has 0 N–H and O–H groups in total. The molecule has 1 aromatic carbocycles. The molecule has 4 rings (SSSR count). The highest BCUT2D eigenvalue weighted by molar-refractivity contribution is 5.84. The van der Waals surface area contributed by atoms with Crippen LogP contribution < -0.4 is 0 Å². The molecule has 1 aliphatic carbocycles. The predicted octanol–water partition coefficient (Wildman–Crippen LogP) is 3.38. The second kappa shape index (κ2) is 6.42. The van der Waals surface area contributed by atoms with Crippen molar-refractivity contribution in [3.05, 3.63) is 35.6 Å². The molecule has 4 nitrogen and oxygen atoms in total. The van der Waals surface area contributed by atoms with Crippen molar-refractivity contribution in [2.45, 2.75) is 56.1 Å². The Morgan fingerprint density at radius 1 is 1.24 bits per heavy atom. The van der Waals surface area contributed by atoms with Gasteiger partial charge in [-0.25, -0.2) is 4.39 Å². The Morgan fingerprint density at radius 3 is 2.68 bits per heavy atom. The number of carbonyl (C=O) groups is 1. The molecule has 3 fully saturated rings. The highest BCUT2D eigenvalue weighted by Gasteiger charge is 2.53. The molecule has 1 amide bonds. The summed E-state index contributed by atoms with van der Waals surface area (Å²) in [6.07, 6.45) is 5.48. The van der Waals surface area contributed by atoms with Crippen LogP contribution in [0.2, 0.25) is 0 Å². The van der Waals surface area contributed by atoms with Crippen LogP contribution in [0.15, 0.2) is 24.3 Å². The maximum Gasteiger partial charge on any atom is 0.227 e. The zero-order chi connectivity index (χ0) is 17.4. The van der Waals surface area contributed by atoms with Crippen LogP contribution in [0.4, 0.5) is 4.39 Å². The number of carbonyl (C=O) groups excluding carboxylic acids is 1. The molecule has 2 heterocycles. The van der Waals surface area contributed by atoms with Crippen molar-refractivity contribution in [1.82, 2.24) is 4.90 Å². The second-order valence-electron chi connectivity index (χ2n) is 7.54. The number of rotatable bonds is 2. The molecule has 2 saturated heterocycles. The summed E-state index contributed by atoms with van der Waals surface area (Å²) in [6, 6.07) is 8.30. The van der Waals surface area contributed by atoms with E-state index in [1.54, 1.807) is 17.0 Å². The van der Waals surface area contributed by atoms with Crippen LogP contribution in [0.1, 0.15) is 50.0 Å². The van der Waals surface area contributed by atoms with Crippen LogP contribution in [-0.4, -0.2) is 35.6 Å². The Hall–Kier alpha value is -1.93. The van der Waals surface area contributed by atoms with E-state index in [1.165, 1.54) is 12.1 Å². The molecule has 1 saturated carbocycles. The third-order valence-corrected chi connectivity index (χ3v) is 6.00. The lowest BCUT2D eigenvalue weighted by atomic mass is 9.79. The van der Waals surface area contributed by atoms with Crippen LogP contribution in [-0.2, 0) is 9.53 Å². The highest BCUT2D eigenvalue weighted by Crippen LogP contribution is 2.50. The van der Waals surface area contributed by atoms with Gasteiger partial charge in [-0.15, -0.1) is 0 Å². The van der Waals surface area contributed by atoms with Gasteiger partial charge in [0, 0.05) is 19.1 Å². The van der Waals surface area contributed by atoms with Gasteiger partial charge in [0.05, 0.1) is 6.07 Å². The van der Waals surface area contributed by atoms with Crippen molar-refractivity contribution in [2.75, 3.05) is 13.2 Å². The van der Waals surface area contributed by atoms with Crippen molar-refractivity contribution in [2.24, 2.45) is 5.92 Å². The first-order valence-corrected chi connectivity index (χ1v) is 9.24. The molecule has 4 atom stereocenters. The average molecular weight is 342 g/mol. The number of hydrogen-bond donors (Lipinski definition) is 0. The zero-order valence-corrected chi connectivity index (χ0v) is 14.3. The molecule has 1 aromatic rings. The number of amides is 1. The van der Waals surface area contributed by atoms with Crippen molar-refractivity contribution in [1.29, 1.82) is 5.26 Å². The normalized spacial score (nSPS) is 34.6. The molecule has 1 spiro atoms. The van der Waals surface area contributed by atoms with Gasteiger partial charge in [0.15, 0.2) is 0 Å². The molecular weight excluding hydrogens is 319 g/mol. The first-order chi connectivity index (χ1) is 12.1. The fourth-order valence-electron chi connectivity index (χ4n) is 4.57. The number of halogens is 1. The van der Waals surface area contributed by atoms with E-state index in [0.717, 1.165) is 44.1 Å². The Morgan fingerprint density at radius 2 is 2.00 bits per heavy atom. The van der Waals surface area contributed by atoms with E-state index in [2.05, 4.69) is 6.07 Å². The van der Waals surface area contributed by atoms with Crippen LogP contribution >= 0.6 is 0 Å². The molecule has 0 bridgehead atoms. The first kappa shape index (κ1) is 16.5. The number of likely N-dealkylation sites (tertiary alicyclic amines) is 1. The van der Waals surface area contributed by atoms with Gasteiger partial charge in [-0.05, 0) is 62.1 Å². The smallest absolute Gasteiger partial charge is 0.227 e. The lowest BCUT2D eigenvalue weighted by Gasteiger charge is -2.48. The van der Waals surface area contributed by atoms with Crippen molar-refractivity contribution >= 4 is 5.91 Å². The molecular formula is C20H23FN2O2. The van der Waals surface area contributed by atoms with Gasteiger partial charge in [0.25, 0.3) is 0 Å². The zero-order valence-electron chi connectivity index (χ0n) is 14.3. The van der Waals surface area contributed by atoms with E-state index in [-0.39, 0.29) is 23.6 Å². The molecule has 0 radical (unpaired) electrons. The number of hydrogen-bond acceptors (Lipinski definition) is 3. The fourth-order valence-corrected chi connectivity index (χ4v) is 4.57. The maximum absolute atomic E-state index is 13.1. The molecule has 0 unspecified atom stereocenters. The van der Waals surface area contributed by atoms with Gasteiger partial charge in [-0.3, -0.25) is 4.79 Å². The minimum absolute atomic E-state index is 0.0640. The molecule has 3 aliphatic rings. The molecule has 25 heavy (non-hydrogen) atoms. The van der Waals surface area contributed by atoms with Crippen LogP contribution in [0.5, 0.6) is 0 Å². The summed E-state index contributed by atoms with van der Waals surface area (Å²) in [7, 11) is 0. The van der Waals surface area contributed by atoms with Crippen molar-refractivity contribution < 1.29 is 13.9 Å². The van der Waals surface area contributed by atoms with Gasteiger partial charge in [-0.2, -0.15) is 5.26 Å². The van der Waals surface area contributed by atoms with Gasteiger partial charge in [0.2, 0.25) is 5.91 Å². The number of benzene rings is 1. The number of nitrogens with zero attached hydrogens (tertiary/aromatic N) is 2. The standard InChI is InChI=1S/C20H23FN2O2/c21-15-6-4-14(5-7-15)16-12-17(16)19(24)23-10-3-9-20(18(23)13-22)8-1-2-11-25-20/h4-7,16-18H,1-3,8-12H2/t16-,17+,18+,20-/m0/s1. The van der Waals surface area contributed by atoms with Gasteiger partial charge >= 0.3 is 0 Å². The van der Waals surface area contributed by atoms with Crippen LogP contribution in [0.3, 0.4) is 0 Å². The van der Waals surface area contributed by atoms with Crippen LogP contribution in [0, 0.1) is 23.1 Å². The monoisotopic (exact) mass is 342 g/mol. The van der Waals surface area contributed by atoms with E-state index in [1.807, 2.05) is 0 Å². The number of nitriles is 1. The number of piperidine rings is 1. The highest BCUT2D eigenvalue weighted by atomic mass is 19.1. The third kappa shape index (κ3) is 2.93. The summed E-state index contributed by atoms with van der Waals surface area (Å²) in [6.45, 7) is 1.32. The Labute approximate surface area is 147 Å². The lowest BCUT2D eigenvalue weighted by Crippen LogP contribution is -2.60. The topological polar surface area (TPSA) is 53.3 Å². The molecule has 5 heteroatoms. The van der Waals surface area contributed by atoms with E-state index >= 15 is 0 Å². The first-order valence-electron chi connectivity index (χ1n) is 9.24. The Kier molecular flexibility index (Phi) is 4.24. The Balaban J connectivity index is 1.50. The summed E-state index contributed by atoms with van der Waals surface area (Å²) >= 11 is 0. The fraction of sp³-hybridized carbons (Fsp3) is 0.600. The van der Waals surface area contributed by atoms with E-state index in [0.29, 0.717) is 13.2 Å². The summed E-state index contributed by atoms with van der Waals surface area (Å²) in [5, 5.41) is 9.78. The molecule has 2 aliphatic heterocycles. The third-order valence-electron chi connectivity index (χ3n) is 6.00. The lowest BCUT2D eigenvalue weighted by molar-refractivity contribution is -0.160. The molecule has 132 valence electrons. The van der Waals surface area contributed by atoms with Gasteiger partial charge in [-0.1, -0.05) is 12.1 Å². The maximum atomic E-state index is 13.1.